The molecular formula is C10H16N4O3. The molecule has 94 valence electrons. The van der Waals surface area contributed by atoms with Crippen LogP contribution in [0.1, 0.15) is 13.3 Å². The van der Waals surface area contributed by atoms with Crippen LogP contribution in [0.2, 0.25) is 0 Å². The number of hydrogen-bond donors (Lipinski definition) is 1. The molecule has 0 spiro atoms. The molecule has 1 saturated heterocycles. The van der Waals surface area contributed by atoms with Gasteiger partial charge < -0.3 is 19.5 Å². The lowest BCUT2D eigenvalue weighted by Crippen LogP contribution is -2.39. The van der Waals surface area contributed by atoms with Crippen LogP contribution >= 0.6 is 0 Å². The van der Waals surface area contributed by atoms with Crippen LogP contribution in [0.3, 0.4) is 0 Å². The molecule has 2 rings (SSSR count). The van der Waals surface area contributed by atoms with Crippen molar-refractivity contribution in [2.75, 3.05) is 32.2 Å². The summed E-state index contributed by atoms with van der Waals surface area (Å²) < 4.78 is 15.9. The Morgan fingerprint density at radius 3 is 2.65 bits per heavy atom. The van der Waals surface area contributed by atoms with Crippen molar-refractivity contribution in [2.45, 2.75) is 19.4 Å². The quantitative estimate of drug-likeness (QED) is 0.774. The van der Waals surface area contributed by atoms with Crippen LogP contribution in [0.25, 0.3) is 0 Å². The molecule has 0 bridgehead atoms. The molecule has 1 fully saturated rings. The predicted molar refractivity (Wildman–Crippen MR) is 60.4 cm³/mol. The zero-order valence-corrected chi connectivity index (χ0v) is 9.97. The molecule has 0 aliphatic carbocycles. The second-order valence-electron chi connectivity index (χ2n) is 3.60. The predicted octanol–water partition coefficient (Wildman–Crippen LogP) is 0.480. The highest BCUT2D eigenvalue weighted by Gasteiger charge is 2.22. The molecule has 0 atom stereocenters. The molecule has 1 aromatic rings. The summed E-state index contributed by atoms with van der Waals surface area (Å²) in [6.07, 6.45) is 0.925. The number of anilines is 1. The van der Waals surface area contributed by atoms with Crippen molar-refractivity contribution < 1.29 is 14.2 Å². The minimum absolute atomic E-state index is 0.0288. The number of aromatic nitrogens is 3. The van der Waals surface area contributed by atoms with Crippen LogP contribution in [0, 0.1) is 0 Å². The first-order valence-corrected chi connectivity index (χ1v) is 5.63. The molecule has 1 aliphatic heterocycles. The Balaban J connectivity index is 2.06. The highest BCUT2D eigenvalue weighted by atomic mass is 16.6. The molecule has 0 aromatic carbocycles. The van der Waals surface area contributed by atoms with Gasteiger partial charge in [0.2, 0.25) is 5.95 Å². The van der Waals surface area contributed by atoms with Crippen molar-refractivity contribution in [3.05, 3.63) is 0 Å². The van der Waals surface area contributed by atoms with Gasteiger partial charge in [-0.1, -0.05) is 6.92 Å². The van der Waals surface area contributed by atoms with Gasteiger partial charge in [-0.2, -0.15) is 9.97 Å². The number of nitrogens with one attached hydrogen (secondary N) is 1. The normalized spacial score (nSPS) is 15.2. The number of nitrogens with zero attached hydrogens (tertiary/aromatic N) is 3. The summed E-state index contributed by atoms with van der Waals surface area (Å²) in [6, 6.07) is 0.546. The maximum atomic E-state index is 5.51. The van der Waals surface area contributed by atoms with Crippen molar-refractivity contribution in [3.8, 4) is 12.0 Å². The minimum atomic E-state index is 0.0288. The largest absolute Gasteiger partial charge is 0.463 e. The topological polar surface area (TPSA) is 78.4 Å². The van der Waals surface area contributed by atoms with Crippen LogP contribution in [-0.2, 0) is 4.74 Å². The minimum Gasteiger partial charge on any atom is -0.463 e. The molecule has 2 heterocycles. The number of rotatable bonds is 6. The second-order valence-corrected chi connectivity index (χ2v) is 3.60. The Bertz CT molecular complexity index is 371. The molecular weight excluding hydrogens is 224 g/mol. The van der Waals surface area contributed by atoms with Gasteiger partial charge in [0.15, 0.2) is 0 Å². The second kappa shape index (κ2) is 5.62. The summed E-state index contributed by atoms with van der Waals surface area (Å²) in [5.41, 5.74) is 0. The summed E-state index contributed by atoms with van der Waals surface area (Å²) in [5.74, 6) is 0.432. The highest BCUT2D eigenvalue weighted by Crippen LogP contribution is 2.16. The van der Waals surface area contributed by atoms with Crippen molar-refractivity contribution in [1.29, 1.82) is 0 Å². The monoisotopic (exact) mass is 240 g/mol. The zero-order valence-electron chi connectivity index (χ0n) is 9.97. The standard InChI is InChI=1S/C10H16N4O3/c1-3-4-16-9-12-8(11-2)13-10(14-9)17-7-5-15-6-7/h7H,3-6H2,1-2H3,(H,11,12,13,14). The van der Waals surface area contributed by atoms with E-state index < -0.39 is 0 Å². The summed E-state index contributed by atoms with van der Waals surface area (Å²) in [4.78, 5) is 12.2. The van der Waals surface area contributed by atoms with E-state index in [2.05, 4.69) is 20.3 Å². The van der Waals surface area contributed by atoms with Crippen molar-refractivity contribution in [2.24, 2.45) is 0 Å². The fourth-order valence-electron chi connectivity index (χ4n) is 1.19. The van der Waals surface area contributed by atoms with Gasteiger partial charge in [-0.3, -0.25) is 0 Å². The Labute approximate surface area is 99.5 Å². The summed E-state index contributed by atoms with van der Waals surface area (Å²) in [7, 11) is 1.73. The molecule has 0 saturated carbocycles. The molecule has 1 N–H and O–H groups in total. The molecule has 0 amide bonds. The maximum Gasteiger partial charge on any atom is 0.324 e. The van der Waals surface area contributed by atoms with E-state index in [1.807, 2.05) is 6.92 Å². The fraction of sp³-hybridized carbons (Fsp3) is 0.700. The Morgan fingerprint density at radius 2 is 2.06 bits per heavy atom. The van der Waals surface area contributed by atoms with Gasteiger partial charge in [-0.25, -0.2) is 0 Å². The van der Waals surface area contributed by atoms with Crippen LogP contribution in [-0.4, -0.2) is 47.9 Å². The average Bonchev–Trinajstić information content (AvgIpc) is 2.31. The lowest BCUT2D eigenvalue weighted by Gasteiger charge is -2.25. The van der Waals surface area contributed by atoms with E-state index in [4.69, 9.17) is 14.2 Å². The Morgan fingerprint density at radius 1 is 1.29 bits per heavy atom. The summed E-state index contributed by atoms with van der Waals surface area (Å²) in [6.45, 7) is 3.74. The van der Waals surface area contributed by atoms with E-state index in [-0.39, 0.29) is 18.1 Å². The molecule has 0 radical (unpaired) electrons. The SMILES string of the molecule is CCCOc1nc(NC)nc(OC2COC2)n1. The fourth-order valence-corrected chi connectivity index (χ4v) is 1.19. The highest BCUT2D eigenvalue weighted by molar-refractivity contribution is 5.26. The number of ether oxygens (including phenoxy) is 3. The van der Waals surface area contributed by atoms with Crippen LogP contribution in [0.5, 0.6) is 12.0 Å². The third-order valence-corrected chi connectivity index (χ3v) is 2.13. The van der Waals surface area contributed by atoms with E-state index in [0.717, 1.165) is 6.42 Å². The van der Waals surface area contributed by atoms with Gasteiger partial charge in [0.1, 0.15) is 6.10 Å². The molecule has 7 nitrogen and oxygen atoms in total. The van der Waals surface area contributed by atoms with Gasteiger partial charge in [0, 0.05) is 7.05 Å². The van der Waals surface area contributed by atoms with Gasteiger partial charge in [0.25, 0.3) is 0 Å². The summed E-state index contributed by atoms with van der Waals surface area (Å²) >= 11 is 0. The van der Waals surface area contributed by atoms with Gasteiger partial charge in [-0.15, -0.1) is 4.98 Å². The molecule has 1 aliphatic rings. The molecule has 0 unspecified atom stereocenters. The van der Waals surface area contributed by atoms with E-state index in [1.54, 1.807) is 7.05 Å². The van der Waals surface area contributed by atoms with E-state index in [9.17, 15) is 0 Å². The Kier molecular flexibility index (Phi) is 3.92. The lowest BCUT2D eigenvalue weighted by molar-refractivity contribution is -0.0833. The van der Waals surface area contributed by atoms with Gasteiger partial charge in [0.05, 0.1) is 19.8 Å². The third kappa shape index (κ3) is 3.16. The summed E-state index contributed by atoms with van der Waals surface area (Å²) in [5, 5.41) is 2.84. The van der Waals surface area contributed by atoms with E-state index in [1.165, 1.54) is 0 Å². The van der Waals surface area contributed by atoms with Crippen molar-refractivity contribution in [1.82, 2.24) is 15.0 Å². The maximum absolute atomic E-state index is 5.51. The van der Waals surface area contributed by atoms with E-state index in [0.29, 0.717) is 25.8 Å². The first-order chi connectivity index (χ1) is 8.31. The van der Waals surface area contributed by atoms with Gasteiger partial charge >= 0.3 is 12.0 Å². The van der Waals surface area contributed by atoms with Crippen LogP contribution in [0.4, 0.5) is 5.95 Å². The first-order valence-electron chi connectivity index (χ1n) is 5.63. The van der Waals surface area contributed by atoms with Crippen molar-refractivity contribution >= 4 is 5.95 Å². The van der Waals surface area contributed by atoms with Crippen LogP contribution in [0.15, 0.2) is 0 Å². The number of hydrogen-bond acceptors (Lipinski definition) is 7. The van der Waals surface area contributed by atoms with Crippen LogP contribution < -0.4 is 14.8 Å². The molecule has 1 aromatic heterocycles. The van der Waals surface area contributed by atoms with E-state index >= 15 is 0 Å². The first kappa shape index (κ1) is 11.8. The van der Waals surface area contributed by atoms with Crippen molar-refractivity contribution in [3.63, 3.8) is 0 Å². The molecule has 7 heteroatoms. The zero-order chi connectivity index (χ0) is 12.1. The Hall–Kier alpha value is -1.63. The average molecular weight is 240 g/mol. The third-order valence-electron chi connectivity index (χ3n) is 2.13. The lowest BCUT2D eigenvalue weighted by atomic mass is 10.3. The van der Waals surface area contributed by atoms with Gasteiger partial charge in [-0.05, 0) is 6.42 Å². The smallest absolute Gasteiger partial charge is 0.324 e. The molecule has 17 heavy (non-hydrogen) atoms.